The van der Waals surface area contributed by atoms with E-state index in [1.54, 1.807) is 39.2 Å². The zero-order valence-corrected chi connectivity index (χ0v) is 15.1. The molecule has 0 atom stereocenters. The highest BCUT2D eigenvalue weighted by atomic mass is 32.1. The molecule has 0 unspecified atom stereocenters. The molecule has 0 fully saturated rings. The summed E-state index contributed by atoms with van der Waals surface area (Å²) in [7, 11) is 1.58. The summed E-state index contributed by atoms with van der Waals surface area (Å²) in [5.41, 5.74) is 0.430. The number of rotatable bonds is 5. The van der Waals surface area contributed by atoms with Gasteiger partial charge in [-0.05, 0) is 37.6 Å². The Morgan fingerprint density at radius 3 is 2.52 bits per heavy atom. The number of carbonyl (C=O) groups excluding carboxylic acids is 1. The molecule has 25 heavy (non-hydrogen) atoms. The van der Waals surface area contributed by atoms with E-state index in [4.69, 9.17) is 9.47 Å². The first-order chi connectivity index (χ1) is 12.0. The summed E-state index contributed by atoms with van der Waals surface area (Å²) in [5.74, 6) is 0.00171. The smallest absolute Gasteiger partial charge is 0.351 e. The SMILES string of the molecule is CCOC(=O)C(C#N)=c1sc(=Cc2ccc(OC)cc2)c(=O)n1CC. The Labute approximate surface area is 148 Å². The van der Waals surface area contributed by atoms with Crippen LogP contribution in [0.15, 0.2) is 29.1 Å². The number of hydrogen-bond donors (Lipinski definition) is 0. The molecule has 2 rings (SSSR count). The van der Waals surface area contributed by atoms with Gasteiger partial charge >= 0.3 is 5.97 Å². The van der Waals surface area contributed by atoms with E-state index in [1.165, 1.54) is 4.57 Å². The van der Waals surface area contributed by atoms with E-state index in [1.807, 2.05) is 18.2 Å². The number of esters is 1. The summed E-state index contributed by atoms with van der Waals surface area (Å²) in [4.78, 5) is 24.6. The monoisotopic (exact) mass is 358 g/mol. The van der Waals surface area contributed by atoms with E-state index in [2.05, 4.69) is 0 Å². The van der Waals surface area contributed by atoms with Gasteiger partial charge in [0.05, 0.1) is 18.2 Å². The highest BCUT2D eigenvalue weighted by Gasteiger charge is 2.16. The average Bonchev–Trinajstić information content (AvgIpc) is 2.92. The van der Waals surface area contributed by atoms with Crippen LogP contribution in [0.3, 0.4) is 0 Å². The standard InChI is InChI=1S/C18H18N2O4S/c1-4-20-16(21)15(10-12-6-8-13(23-3)9-7-12)25-17(20)14(11-19)18(22)24-5-2/h6-10H,4-5H2,1-3H3. The van der Waals surface area contributed by atoms with Crippen LogP contribution in [0.5, 0.6) is 5.75 Å². The molecule has 0 aliphatic rings. The number of nitriles is 1. The molecule has 1 heterocycles. The number of ether oxygens (including phenoxy) is 2. The van der Waals surface area contributed by atoms with Gasteiger partial charge in [0.15, 0.2) is 5.57 Å². The zero-order valence-electron chi connectivity index (χ0n) is 14.2. The Kier molecular flexibility index (Phi) is 6.14. The van der Waals surface area contributed by atoms with Crippen LogP contribution in [0, 0.1) is 11.3 Å². The van der Waals surface area contributed by atoms with Gasteiger partial charge < -0.3 is 9.47 Å². The molecule has 1 aromatic heterocycles. The average molecular weight is 358 g/mol. The quantitative estimate of drug-likeness (QED) is 0.745. The van der Waals surface area contributed by atoms with Crippen molar-refractivity contribution in [3.63, 3.8) is 0 Å². The van der Waals surface area contributed by atoms with Crippen LogP contribution in [0.2, 0.25) is 0 Å². The molecular weight excluding hydrogens is 340 g/mol. The summed E-state index contributed by atoms with van der Waals surface area (Å²) in [6, 6.07) is 9.11. The Balaban J connectivity index is 2.68. The zero-order chi connectivity index (χ0) is 18.4. The van der Waals surface area contributed by atoms with Crippen molar-refractivity contribution in [3.8, 4) is 11.8 Å². The molecule has 0 aliphatic heterocycles. The molecule has 0 spiro atoms. The van der Waals surface area contributed by atoms with Gasteiger partial charge in [0.1, 0.15) is 16.5 Å². The van der Waals surface area contributed by atoms with Gasteiger partial charge in [-0.15, -0.1) is 11.3 Å². The molecule has 130 valence electrons. The molecule has 0 bridgehead atoms. The molecule has 7 heteroatoms. The Morgan fingerprint density at radius 1 is 1.32 bits per heavy atom. The second-order valence-electron chi connectivity index (χ2n) is 4.95. The second-order valence-corrected chi connectivity index (χ2v) is 5.98. The van der Waals surface area contributed by atoms with Crippen LogP contribution in [0.25, 0.3) is 11.6 Å². The third-order valence-electron chi connectivity index (χ3n) is 3.44. The van der Waals surface area contributed by atoms with Crippen molar-refractivity contribution in [2.75, 3.05) is 13.7 Å². The van der Waals surface area contributed by atoms with Gasteiger partial charge in [-0.3, -0.25) is 9.36 Å². The number of benzene rings is 1. The van der Waals surface area contributed by atoms with Gasteiger partial charge in [0.2, 0.25) is 0 Å². The van der Waals surface area contributed by atoms with Gasteiger partial charge in [0.25, 0.3) is 5.56 Å². The Bertz CT molecular complexity index is 978. The molecule has 1 aromatic carbocycles. The number of aromatic nitrogens is 1. The van der Waals surface area contributed by atoms with Crippen LogP contribution in [-0.4, -0.2) is 24.3 Å². The number of hydrogen-bond acceptors (Lipinski definition) is 6. The maximum atomic E-state index is 12.6. The topological polar surface area (TPSA) is 81.3 Å². The third kappa shape index (κ3) is 3.98. The minimum absolute atomic E-state index is 0.153. The van der Waals surface area contributed by atoms with E-state index >= 15 is 0 Å². The molecule has 0 saturated carbocycles. The molecule has 0 saturated heterocycles. The Hall–Kier alpha value is -2.85. The molecule has 2 aromatic rings. The Morgan fingerprint density at radius 2 is 2.00 bits per heavy atom. The van der Waals surface area contributed by atoms with Crippen LogP contribution in [0.4, 0.5) is 0 Å². The number of carbonyl (C=O) groups is 1. The number of nitrogens with zero attached hydrogens (tertiary/aromatic N) is 2. The fraction of sp³-hybridized carbons (Fsp3) is 0.278. The lowest BCUT2D eigenvalue weighted by Crippen LogP contribution is -2.32. The number of thiazole rings is 1. The molecular formula is C18H18N2O4S. The van der Waals surface area contributed by atoms with E-state index in [-0.39, 0.29) is 17.7 Å². The largest absolute Gasteiger partial charge is 0.497 e. The van der Waals surface area contributed by atoms with Gasteiger partial charge in [0, 0.05) is 6.54 Å². The van der Waals surface area contributed by atoms with Crippen LogP contribution < -0.4 is 19.5 Å². The van der Waals surface area contributed by atoms with Crippen molar-refractivity contribution < 1.29 is 14.3 Å². The molecule has 0 N–H and O–H groups in total. The summed E-state index contributed by atoms with van der Waals surface area (Å²) >= 11 is 1.11. The van der Waals surface area contributed by atoms with Crippen molar-refractivity contribution in [2.45, 2.75) is 20.4 Å². The van der Waals surface area contributed by atoms with Crippen molar-refractivity contribution >= 4 is 29.0 Å². The maximum Gasteiger partial charge on any atom is 0.351 e. The first-order valence-electron chi connectivity index (χ1n) is 7.72. The predicted octanol–water partition coefficient (Wildman–Crippen LogP) is 1.00. The van der Waals surface area contributed by atoms with Gasteiger partial charge in [-0.1, -0.05) is 12.1 Å². The fourth-order valence-corrected chi connectivity index (χ4v) is 3.38. The van der Waals surface area contributed by atoms with Crippen molar-refractivity contribution in [1.82, 2.24) is 4.57 Å². The lowest BCUT2D eigenvalue weighted by Gasteiger charge is -2.00. The predicted molar refractivity (Wildman–Crippen MR) is 95.7 cm³/mol. The van der Waals surface area contributed by atoms with Gasteiger partial charge in [-0.2, -0.15) is 5.26 Å². The van der Waals surface area contributed by atoms with Crippen LogP contribution >= 0.6 is 11.3 Å². The molecule has 0 amide bonds. The van der Waals surface area contributed by atoms with Crippen LogP contribution in [0.1, 0.15) is 19.4 Å². The second kappa shape index (κ2) is 8.31. The summed E-state index contributed by atoms with van der Waals surface area (Å²) < 4.78 is 12.2. The van der Waals surface area contributed by atoms with Crippen molar-refractivity contribution in [1.29, 1.82) is 5.26 Å². The third-order valence-corrected chi connectivity index (χ3v) is 4.57. The highest BCUT2D eigenvalue weighted by Crippen LogP contribution is 2.11. The van der Waals surface area contributed by atoms with Crippen molar-refractivity contribution in [2.24, 2.45) is 0 Å². The summed E-state index contributed by atoms with van der Waals surface area (Å²) in [6.07, 6.45) is 1.72. The molecule has 6 nitrogen and oxygen atoms in total. The first kappa shape index (κ1) is 18.5. The lowest BCUT2D eigenvalue weighted by molar-refractivity contribution is -0.136. The first-order valence-corrected chi connectivity index (χ1v) is 8.54. The maximum absolute atomic E-state index is 12.6. The number of methoxy groups -OCH3 is 1. The van der Waals surface area contributed by atoms with E-state index in [0.717, 1.165) is 22.6 Å². The van der Waals surface area contributed by atoms with Crippen LogP contribution in [-0.2, 0) is 16.1 Å². The highest BCUT2D eigenvalue weighted by molar-refractivity contribution is 7.07. The minimum atomic E-state index is -0.718. The normalized spacial score (nSPS) is 12.5. The van der Waals surface area contributed by atoms with Gasteiger partial charge in [-0.25, -0.2) is 4.79 Å². The summed E-state index contributed by atoms with van der Waals surface area (Å²) in [5, 5.41) is 9.32. The molecule has 0 aliphatic carbocycles. The minimum Gasteiger partial charge on any atom is -0.497 e. The van der Waals surface area contributed by atoms with E-state index < -0.39 is 5.97 Å². The van der Waals surface area contributed by atoms with E-state index in [0.29, 0.717) is 15.7 Å². The molecule has 0 radical (unpaired) electrons. The van der Waals surface area contributed by atoms with Crippen molar-refractivity contribution in [3.05, 3.63) is 49.4 Å². The van der Waals surface area contributed by atoms with E-state index in [9.17, 15) is 14.9 Å². The lowest BCUT2D eigenvalue weighted by atomic mass is 10.2. The fourth-order valence-electron chi connectivity index (χ4n) is 2.23. The summed E-state index contributed by atoms with van der Waals surface area (Å²) in [6.45, 7) is 3.97.